The lowest BCUT2D eigenvalue weighted by atomic mass is 10.2. The summed E-state index contributed by atoms with van der Waals surface area (Å²) < 4.78 is 0. The number of thiocarbonyl (C=S) groups is 1. The summed E-state index contributed by atoms with van der Waals surface area (Å²) in [5.41, 5.74) is 0.898. The molecule has 0 aliphatic heterocycles. The van der Waals surface area contributed by atoms with E-state index in [0.717, 1.165) is 5.56 Å². The van der Waals surface area contributed by atoms with Gasteiger partial charge in [0.2, 0.25) is 0 Å². The lowest BCUT2D eigenvalue weighted by Gasteiger charge is -2.00. The van der Waals surface area contributed by atoms with E-state index in [2.05, 4.69) is 17.1 Å². The zero-order chi connectivity index (χ0) is 9.68. The molecule has 0 amide bonds. The van der Waals surface area contributed by atoms with E-state index in [4.69, 9.17) is 0 Å². The second kappa shape index (κ2) is 4.51. The van der Waals surface area contributed by atoms with Crippen molar-refractivity contribution in [3.63, 3.8) is 0 Å². The maximum atomic E-state index is 9.90. The molecule has 13 heavy (non-hydrogen) atoms. The first kappa shape index (κ1) is 9.60. The third-order valence-corrected chi connectivity index (χ3v) is 1.59. The van der Waals surface area contributed by atoms with E-state index >= 15 is 0 Å². The average molecular weight is 197 g/mol. The van der Waals surface area contributed by atoms with Crippen LogP contribution in [0.15, 0.2) is 30.3 Å². The molecule has 5 heteroatoms. The Morgan fingerprint density at radius 1 is 1.46 bits per heavy atom. The van der Waals surface area contributed by atoms with E-state index in [1.54, 1.807) is 0 Å². The van der Waals surface area contributed by atoms with Crippen LogP contribution >= 0.6 is 12.2 Å². The van der Waals surface area contributed by atoms with Gasteiger partial charge in [-0.3, -0.25) is 4.84 Å². The Morgan fingerprint density at radius 2 is 2.08 bits per heavy atom. The first-order valence-electron chi connectivity index (χ1n) is 3.57. The molecule has 0 saturated heterocycles. The Balaban J connectivity index is 2.50. The van der Waals surface area contributed by atoms with Crippen molar-refractivity contribution in [1.82, 2.24) is 0 Å². The number of hydrogen-bond donors (Lipinski definition) is 0. The molecule has 68 valence electrons. The summed E-state index contributed by atoms with van der Waals surface area (Å²) in [7, 11) is 0. The smallest absolute Gasteiger partial charge is 0.269 e. The van der Waals surface area contributed by atoms with Gasteiger partial charge >= 0.3 is 0 Å². The first-order valence-corrected chi connectivity index (χ1v) is 3.98. The van der Waals surface area contributed by atoms with Gasteiger partial charge < -0.3 is 0 Å². The molecule has 0 fully saturated rings. The Labute approximate surface area is 80.2 Å². The van der Waals surface area contributed by atoms with Crippen molar-refractivity contribution in [3.8, 4) is 0 Å². The molecule has 0 heterocycles. The summed E-state index contributed by atoms with van der Waals surface area (Å²) in [6.45, 7) is 0. The van der Waals surface area contributed by atoms with E-state index in [9.17, 15) is 10.1 Å². The topological polar surface area (TPSA) is 52.4 Å². The van der Waals surface area contributed by atoms with Gasteiger partial charge in [0.05, 0.1) is 0 Å². The molecular weight excluding hydrogens is 190 g/mol. The van der Waals surface area contributed by atoms with Crippen LogP contribution in [0.25, 0.3) is 0 Å². The van der Waals surface area contributed by atoms with E-state index in [1.807, 2.05) is 30.3 Å². The normalized spacial score (nSPS) is 9.23. The van der Waals surface area contributed by atoms with Gasteiger partial charge in [-0.2, -0.15) is 0 Å². The molecule has 1 aromatic carbocycles. The van der Waals surface area contributed by atoms with Gasteiger partial charge in [0.1, 0.15) is 0 Å². The van der Waals surface area contributed by atoms with Crippen LogP contribution in [0.3, 0.4) is 0 Å². The molecule has 4 nitrogen and oxygen atoms in total. The highest BCUT2D eigenvalue weighted by atomic mass is 32.1. The summed E-state index contributed by atoms with van der Waals surface area (Å²) >= 11 is 4.65. The molecule has 0 unspecified atom stereocenters. The minimum absolute atomic E-state index is 0.0313. The molecule has 0 aliphatic carbocycles. The van der Waals surface area contributed by atoms with Gasteiger partial charge in [0.25, 0.3) is 5.09 Å². The minimum Gasteiger partial charge on any atom is -0.269 e. The zero-order valence-corrected chi connectivity index (χ0v) is 7.49. The second-order valence-electron chi connectivity index (χ2n) is 2.35. The highest BCUT2D eigenvalue weighted by Gasteiger charge is 2.03. The maximum absolute atomic E-state index is 9.90. The number of nitrogens with zero attached hydrogens (tertiary/aromatic N) is 1. The van der Waals surface area contributed by atoms with Crippen LogP contribution < -0.4 is 0 Å². The Bertz CT molecular complexity index is 312. The van der Waals surface area contributed by atoms with Crippen LogP contribution in [0.2, 0.25) is 0 Å². The fourth-order valence-electron chi connectivity index (χ4n) is 0.878. The largest absolute Gasteiger partial charge is 0.300 e. The van der Waals surface area contributed by atoms with Crippen LogP contribution in [0, 0.1) is 10.1 Å². The van der Waals surface area contributed by atoms with Crippen molar-refractivity contribution in [2.45, 2.75) is 6.42 Å². The van der Waals surface area contributed by atoms with E-state index in [0.29, 0.717) is 0 Å². The predicted octanol–water partition coefficient (Wildman–Crippen LogP) is 1.76. The first-order chi connectivity index (χ1) is 6.18. The lowest BCUT2D eigenvalue weighted by molar-refractivity contribution is -0.723. The third-order valence-electron chi connectivity index (χ3n) is 1.37. The molecule has 0 aliphatic rings. The van der Waals surface area contributed by atoms with Crippen molar-refractivity contribution in [1.29, 1.82) is 0 Å². The minimum atomic E-state index is -0.898. The van der Waals surface area contributed by atoms with Crippen LogP contribution in [0.1, 0.15) is 5.56 Å². The Kier molecular flexibility index (Phi) is 3.33. The van der Waals surface area contributed by atoms with Crippen molar-refractivity contribution < 1.29 is 9.92 Å². The zero-order valence-electron chi connectivity index (χ0n) is 6.67. The van der Waals surface area contributed by atoms with Crippen molar-refractivity contribution in [2.75, 3.05) is 0 Å². The fraction of sp³-hybridized carbons (Fsp3) is 0.125. The molecule has 0 aromatic heterocycles. The molecule has 1 rings (SSSR count). The van der Waals surface area contributed by atoms with Gasteiger partial charge in [-0.05, 0) is 5.56 Å². The summed E-state index contributed by atoms with van der Waals surface area (Å²) in [5, 5.41) is 8.97. The van der Waals surface area contributed by atoms with Crippen molar-refractivity contribution in [3.05, 3.63) is 46.0 Å². The van der Waals surface area contributed by atoms with Crippen molar-refractivity contribution in [2.24, 2.45) is 0 Å². The molecule has 0 saturated carbocycles. The molecule has 0 N–H and O–H groups in total. The molecule has 1 aromatic rings. The highest BCUT2D eigenvalue weighted by Crippen LogP contribution is 2.01. The van der Waals surface area contributed by atoms with Crippen LogP contribution in [-0.2, 0) is 11.3 Å². The van der Waals surface area contributed by atoms with Crippen LogP contribution in [0.4, 0.5) is 0 Å². The Morgan fingerprint density at radius 3 is 2.62 bits per heavy atom. The maximum Gasteiger partial charge on any atom is 0.300 e. The monoisotopic (exact) mass is 197 g/mol. The van der Waals surface area contributed by atoms with E-state index in [-0.39, 0.29) is 11.5 Å². The fourth-order valence-corrected chi connectivity index (χ4v) is 1.11. The third kappa shape index (κ3) is 3.62. The van der Waals surface area contributed by atoms with E-state index < -0.39 is 5.09 Å². The summed E-state index contributed by atoms with van der Waals surface area (Å²) in [5.74, 6) is 0. The standard InChI is InChI=1S/C8H7NO3S/c10-9(11)12-8(13)6-7-4-2-1-3-5-7/h1-5H,6H2. The lowest BCUT2D eigenvalue weighted by Crippen LogP contribution is -2.10. The van der Waals surface area contributed by atoms with Gasteiger partial charge in [-0.15, -0.1) is 10.1 Å². The number of hydrogen-bond acceptors (Lipinski definition) is 4. The number of rotatable bonds is 3. The average Bonchev–Trinajstić information content (AvgIpc) is 2.04. The predicted molar refractivity (Wildman–Crippen MR) is 50.8 cm³/mol. The number of benzene rings is 1. The highest BCUT2D eigenvalue weighted by molar-refractivity contribution is 7.80. The van der Waals surface area contributed by atoms with E-state index in [1.165, 1.54) is 0 Å². The van der Waals surface area contributed by atoms with Gasteiger partial charge in [0, 0.05) is 6.42 Å². The van der Waals surface area contributed by atoms with Crippen LogP contribution in [-0.4, -0.2) is 10.1 Å². The summed E-state index contributed by atoms with van der Waals surface area (Å²) in [6, 6.07) is 9.19. The van der Waals surface area contributed by atoms with Gasteiger partial charge in [-0.25, -0.2) is 0 Å². The van der Waals surface area contributed by atoms with Crippen molar-refractivity contribution >= 4 is 17.3 Å². The molecule has 0 radical (unpaired) electrons. The second-order valence-corrected chi connectivity index (χ2v) is 2.80. The molecule has 0 bridgehead atoms. The molecule has 0 spiro atoms. The quantitative estimate of drug-likeness (QED) is 0.421. The SMILES string of the molecule is O=[N+]([O-])OC(=S)Cc1ccccc1. The van der Waals surface area contributed by atoms with Gasteiger partial charge in [0.15, 0.2) is 5.05 Å². The molecular formula is C8H7NO3S. The molecule has 0 atom stereocenters. The van der Waals surface area contributed by atoms with Gasteiger partial charge in [-0.1, -0.05) is 42.5 Å². The Hall–Kier alpha value is -1.49. The summed E-state index contributed by atoms with van der Waals surface area (Å²) in [6.07, 6.45) is 0.289. The summed E-state index contributed by atoms with van der Waals surface area (Å²) in [4.78, 5) is 14.0. The van der Waals surface area contributed by atoms with Crippen LogP contribution in [0.5, 0.6) is 0 Å².